The van der Waals surface area contributed by atoms with Crippen molar-refractivity contribution in [2.24, 2.45) is 4.99 Å². The number of carbonyl (C=O) groups is 1. The smallest absolute Gasteiger partial charge is 0.246 e. The first-order chi connectivity index (χ1) is 17.9. The lowest BCUT2D eigenvalue weighted by atomic mass is 10.2. The Balaban J connectivity index is 1.67. The number of para-hydroxylation sites is 2. The average molecular weight is 501 g/mol. The van der Waals surface area contributed by atoms with E-state index in [4.69, 9.17) is 15.9 Å². The number of amides is 1. The van der Waals surface area contributed by atoms with Crippen LogP contribution in [0.5, 0.6) is 11.5 Å². The molecule has 9 nitrogen and oxygen atoms in total. The SMILES string of the molecule is C#C/C(C#CCOc1ccccc1OC)=N\c1c(C)ncnc1NC1CCN(C(=O)/C=C/CN(C)C)C1. The normalized spacial score (nSPS) is 15.3. The number of hydrogen-bond acceptors (Lipinski definition) is 8. The summed E-state index contributed by atoms with van der Waals surface area (Å²) in [7, 11) is 5.50. The number of carbonyl (C=O) groups excluding carboxylic acids is 1. The molecule has 1 fully saturated rings. The van der Waals surface area contributed by atoms with Gasteiger partial charge >= 0.3 is 0 Å². The first-order valence-corrected chi connectivity index (χ1v) is 11.9. The first-order valence-electron chi connectivity index (χ1n) is 11.9. The number of aliphatic imine (C=N–C) groups is 1. The molecule has 0 radical (unpaired) electrons. The molecule has 1 aromatic heterocycles. The Morgan fingerprint density at radius 3 is 2.84 bits per heavy atom. The van der Waals surface area contributed by atoms with E-state index in [1.54, 1.807) is 19.3 Å². The minimum Gasteiger partial charge on any atom is -0.493 e. The molecule has 1 atom stereocenters. The van der Waals surface area contributed by atoms with Crippen LogP contribution >= 0.6 is 0 Å². The number of aromatic nitrogens is 2. The van der Waals surface area contributed by atoms with Gasteiger partial charge in [-0.05, 0) is 51.4 Å². The zero-order valence-corrected chi connectivity index (χ0v) is 21.7. The van der Waals surface area contributed by atoms with Gasteiger partial charge in [-0.15, -0.1) is 6.42 Å². The Morgan fingerprint density at radius 1 is 1.32 bits per heavy atom. The maximum absolute atomic E-state index is 12.5. The number of anilines is 1. The summed E-state index contributed by atoms with van der Waals surface area (Å²) in [5.74, 6) is 10.1. The van der Waals surface area contributed by atoms with E-state index < -0.39 is 0 Å². The monoisotopic (exact) mass is 500 g/mol. The molecule has 0 aliphatic carbocycles. The summed E-state index contributed by atoms with van der Waals surface area (Å²) in [4.78, 5) is 29.5. The number of aryl methyl sites for hydroxylation is 1. The van der Waals surface area contributed by atoms with E-state index in [0.717, 1.165) is 13.0 Å². The lowest BCUT2D eigenvalue weighted by Crippen LogP contribution is -2.30. The second kappa shape index (κ2) is 13.7. The molecule has 37 heavy (non-hydrogen) atoms. The summed E-state index contributed by atoms with van der Waals surface area (Å²) in [6, 6.07) is 7.36. The molecule has 2 heterocycles. The Hall–Kier alpha value is -4.34. The number of ether oxygens (including phenoxy) is 2. The quantitative estimate of drug-likeness (QED) is 0.322. The van der Waals surface area contributed by atoms with E-state index in [1.165, 1.54) is 6.33 Å². The second-order valence-electron chi connectivity index (χ2n) is 8.58. The highest BCUT2D eigenvalue weighted by molar-refractivity contribution is 6.14. The van der Waals surface area contributed by atoms with E-state index in [2.05, 4.69) is 38.0 Å². The van der Waals surface area contributed by atoms with E-state index >= 15 is 0 Å². The molecule has 0 saturated carbocycles. The maximum Gasteiger partial charge on any atom is 0.246 e. The minimum absolute atomic E-state index is 0.00324. The molecule has 3 rings (SSSR count). The average Bonchev–Trinajstić information content (AvgIpc) is 3.36. The fourth-order valence-corrected chi connectivity index (χ4v) is 3.63. The Morgan fingerprint density at radius 2 is 2.11 bits per heavy atom. The van der Waals surface area contributed by atoms with Crippen LogP contribution in [0.3, 0.4) is 0 Å². The number of methoxy groups -OCH3 is 1. The first kappa shape index (κ1) is 27.3. The lowest BCUT2D eigenvalue weighted by Gasteiger charge is -2.17. The van der Waals surface area contributed by atoms with Gasteiger partial charge in [0.2, 0.25) is 5.91 Å². The molecule has 1 unspecified atom stereocenters. The van der Waals surface area contributed by atoms with Crippen molar-refractivity contribution < 1.29 is 14.3 Å². The Labute approximate surface area is 218 Å². The van der Waals surface area contributed by atoms with Gasteiger partial charge in [-0.2, -0.15) is 0 Å². The molecular formula is C28H32N6O3. The predicted octanol–water partition coefficient (Wildman–Crippen LogP) is 2.71. The van der Waals surface area contributed by atoms with Crippen LogP contribution in [0.2, 0.25) is 0 Å². The van der Waals surface area contributed by atoms with Crippen molar-refractivity contribution in [2.75, 3.05) is 52.8 Å². The van der Waals surface area contributed by atoms with E-state index in [0.29, 0.717) is 41.8 Å². The highest BCUT2D eigenvalue weighted by Gasteiger charge is 2.26. The predicted molar refractivity (Wildman–Crippen MR) is 145 cm³/mol. The molecular weight excluding hydrogens is 468 g/mol. The lowest BCUT2D eigenvalue weighted by molar-refractivity contribution is -0.125. The van der Waals surface area contributed by atoms with Crippen molar-refractivity contribution in [1.82, 2.24) is 19.8 Å². The number of benzene rings is 1. The number of rotatable bonds is 9. The van der Waals surface area contributed by atoms with Crippen LogP contribution in [0.25, 0.3) is 0 Å². The van der Waals surface area contributed by atoms with Crippen LogP contribution in [-0.2, 0) is 4.79 Å². The van der Waals surface area contributed by atoms with Crippen molar-refractivity contribution in [1.29, 1.82) is 0 Å². The van der Waals surface area contributed by atoms with Crippen LogP contribution < -0.4 is 14.8 Å². The van der Waals surface area contributed by atoms with Gasteiger partial charge in [-0.25, -0.2) is 15.0 Å². The zero-order chi connectivity index (χ0) is 26.6. The fourth-order valence-electron chi connectivity index (χ4n) is 3.63. The number of likely N-dealkylation sites (N-methyl/N-ethyl adjacent to an activating group) is 1. The summed E-state index contributed by atoms with van der Waals surface area (Å²) >= 11 is 0. The van der Waals surface area contributed by atoms with Crippen LogP contribution in [0.4, 0.5) is 11.5 Å². The third kappa shape index (κ3) is 8.09. The maximum atomic E-state index is 12.5. The number of terminal acetylenes is 1. The third-order valence-electron chi connectivity index (χ3n) is 5.51. The molecule has 2 aromatic rings. The Kier molecular flexibility index (Phi) is 10.1. The fraction of sp³-hybridized carbons (Fsp3) is 0.357. The molecule has 1 saturated heterocycles. The summed E-state index contributed by atoms with van der Waals surface area (Å²) < 4.78 is 10.9. The highest BCUT2D eigenvalue weighted by atomic mass is 16.5. The molecule has 1 aliphatic heterocycles. The Bertz CT molecular complexity index is 1250. The molecule has 0 spiro atoms. The highest BCUT2D eigenvalue weighted by Crippen LogP contribution is 2.28. The third-order valence-corrected chi connectivity index (χ3v) is 5.51. The standard InChI is InChI=1S/C28H32N6O3/c1-6-22(11-10-18-37-25-13-8-7-12-24(25)36-5)31-27-21(2)29-20-30-28(27)32-23-15-17-34(19-23)26(35)14-9-16-33(3)4/h1,7-9,12-14,20,23H,15-19H2,2-5H3,(H,29,30,32)/b14-9+,31-22+. The number of likely N-dealkylation sites (tertiary alicyclic amines) is 1. The number of hydrogen-bond donors (Lipinski definition) is 1. The second-order valence-corrected chi connectivity index (χ2v) is 8.58. The van der Waals surface area contributed by atoms with E-state index in [1.807, 2.05) is 55.1 Å². The molecule has 1 aliphatic rings. The zero-order valence-electron chi connectivity index (χ0n) is 21.7. The van der Waals surface area contributed by atoms with Crippen molar-refractivity contribution in [3.63, 3.8) is 0 Å². The summed E-state index contributed by atoms with van der Waals surface area (Å²) in [6.07, 6.45) is 11.4. The summed E-state index contributed by atoms with van der Waals surface area (Å²) in [5, 5.41) is 3.40. The molecule has 0 bridgehead atoms. The number of nitrogens with zero attached hydrogens (tertiary/aromatic N) is 5. The molecule has 1 aromatic carbocycles. The van der Waals surface area contributed by atoms with Crippen molar-refractivity contribution in [3.8, 4) is 35.7 Å². The van der Waals surface area contributed by atoms with Gasteiger partial charge in [0.1, 0.15) is 18.6 Å². The summed E-state index contributed by atoms with van der Waals surface area (Å²) in [6.45, 7) is 3.90. The van der Waals surface area contributed by atoms with E-state index in [-0.39, 0.29) is 24.3 Å². The van der Waals surface area contributed by atoms with Gasteiger partial charge in [-0.3, -0.25) is 4.79 Å². The van der Waals surface area contributed by atoms with Gasteiger partial charge in [0.05, 0.1) is 12.8 Å². The largest absolute Gasteiger partial charge is 0.493 e. The molecule has 192 valence electrons. The number of nitrogens with one attached hydrogen (secondary N) is 1. The topological polar surface area (TPSA) is 92.2 Å². The molecule has 9 heteroatoms. The van der Waals surface area contributed by atoms with Crippen molar-refractivity contribution >= 4 is 23.1 Å². The van der Waals surface area contributed by atoms with E-state index in [9.17, 15) is 4.79 Å². The van der Waals surface area contributed by atoms with Crippen LogP contribution in [-0.4, -0.2) is 84.9 Å². The van der Waals surface area contributed by atoms with Crippen molar-refractivity contribution in [2.45, 2.75) is 19.4 Å². The van der Waals surface area contributed by atoms with Gasteiger partial charge in [0.25, 0.3) is 0 Å². The van der Waals surface area contributed by atoms with Gasteiger partial charge in [0.15, 0.2) is 23.0 Å². The summed E-state index contributed by atoms with van der Waals surface area (Å²) in [5.41, 5.74) is 1.42. The minimum atomic E-state index is 0.00324. The van der Waals surface area contributed by atoms with Crippen LogP contribution in [0.1, 0.15) is 12.1 Å². The van der Waals surface area contributed by atoms with Gasteiger partial charge in [-0.1, -0.05) is 24.1 Å². The van der Waals surface area contributed by atoms with Gasteiger partial charge < -0.3 is 24.6 Å². The van der Waals surface area contributed by atoms with Gasteiger partial charge in [0, 0.05) is 31.8 Å². The van der Waals surface area contributed by atoms with Crippen LogP contribution in [0, 0.1) is 31.1 Å². The molecule has 1 amide bonds. The van der Waals surface area contributed by atoms with Crippen LogP contribution in [0.15, 0.2) is 47.7 Å². The van der Waals surface area contributed by atoms with Crippen molar-refractivity contribution in [3.05, 3.63) is 48.4 Å². The molecule has 1 N–H and O–H groups in total.